The van der Waals surface area contributed by atoms with Gasteiger partial charge in [0.1, 0.15) is 10.7 Å². The number of para-hydroxylation sites is 1. The zero-order valence-electron chi connectivity index (χ0n) is 15.8. The molecule has 0 unspecified atom stereocenters. The molecule has 0 saturated heterocycles. The Balaban J connectivity index is 1.82. The van der Waals surface area contributed by atoms with Gasteiger partial charge in [-0.05, 0) is 19.1 Å². The number of rotatable bonds is 6. The lowest BCUT2D eigenvalue weighted by atomic mass is 10.1. The molecule has 0 saturated carbocycles. The maximum absolute atomic E-state index is 13.0. The molecule has 0 spiro atoms. The maximum atomic E-state index is 13.0. The number of hydrogen-bond donors (Lipinski definition) is 1. The Bertz CT molecular complexity index is 1180. The van der Waals surface area contributed by atoms with Crippen molar-refractivity contribution < 1.29 is 9.53 Å². The number of pyridine rings is 1. The highest BCUT2D eigenvalue weighted by Crippen LogP contribution is 2.24. The average Bonchev–Trinajstić information content (AvgIpc) is 3.29. The molecule has 0 bridgehead atoms. The first-order chi connectivity index (χ1) is 14.1. The van der Waals surface area contributed by atoms with Crippen LogP contribution in [0.2, 0.25) is 0 Å². The van der Waals surface area contributed by atoms with Gasteiger partial charge >= 0.3 is 0 Å². The lowest BCUT2D eigenvalue weighted by Gasteiger charge is -2.11. The minimum atomic E-state index is -0.407. The zero-order chi connectivity index (χ0) is 20.4. The first-order valence-electron chi connectivity index (χ1n) is 8.85. The molecule has 1 aromatic carbocycles. The van der Waals surface area contributed by atoms with E-state index in [1.54, 1.807) is 43.1 Å². The maximum Gasteiger partial charge on any atom is 0.282 e. The highest BCUT2D eigenvalue weighted by atomic mass is 32.1. The van der Waals surface area contributed by atoms with Gasteiger partial charge in [-0.25, -0.2) is 0 Å². The third-order valence-electron chi connectivity index (χ3n) is 4.27. The number of aryl methyl sites for hydroxylation is 1. The van der Waals surface area contributed by atoms with Crippen molar-refractivity contribution in [1.82, 2.24) is 24.5 Å². The second kappa shape index (κ2) is 7.94. The monoisotopic (exact) mass is 410 g/mol. The third kappa shape index (κ3) is 3.80. The normalized spacial score (nSPS) is 11.1. The summed E-state index contributed by atoms with van der Waals surface area (Å²) in [5.41, 5.74) is 1.29. The summed E-state index contributed by atoms with van der Waals surface area (Å²) in [4.78, 5) is 25.9. The van der Waals surface area contributed by atoms with E-state index < -0.39 is 5.91 Å². The van der Waals surface area contributed by atoms with Gasteiger partial charge in [0, 0.05) is 26.0 Å². The Morgan fingerprint density at radius 3 is 2.69 bits per heavy atom. The number of aromatic nitrogens is 5. The van der Waals surface area contributed by atoms with Gasteiger partial charge in [0.05, 0.1) is 23.4 Å². The number of ether oxygens (including phenoxy) is 1. The molecule has 0 fully saturated rings. The van der Waals surface area contributed by atoms with Crippen LogP contribution in [0.25, 0.3) is 16.9 Å². The van der Waals surface area contributed by atoms with E-state index in [-0.39, 0.29) is 11.1 Å². The van der Waals surface area contributed by atoms with Crippen LogP contribution in [-0.2, 0) is 11.3 Å². The summed E-state index contributed by atoms with van der Waals surface area (Å²) in [7, 11) is 1.59. The lowest BCUT2D eigenvalue weighted by molar-refractivity contribution is 0.102. The molecule has 29 heavy (non-hydrogen) atoms. The van der Waals surface area contributed by atoms with Crippen LogP contribution in [0.1, 0.15) is 15.4 Å². The largest absolute Gasteiger partial charge is 0.383 e. The molecule has 3 heterocycles. The number of hydrogen-bond acceptors (Lipinski definition) is 7. The second-order valence-electron chi connectivity index (χ2n) is 6.30. The van der Waals surface area contributed by atoms with E-state index in [0.717, 1.165) is 5.01 Å². The fourth-order valence-electron chi connectivity index (χ4n) is 2.91. The molecule has 0 radical (unpaired) electrons. The van der Waals surface area contributed by atoms with Crippen molar-refractivity contribution in [3.63, 3.8) is 0 Å². The Hall–Kier alpha value is -3.37. The van der Waals surface area contributed by atoms with Crippen molar-refractivity contribution in [2.45, 2.75) is 13.5 Å². The summed E-state index contributed by atoms with van der Waals surface area (Å²) in [6, 6.07) is 9.08. The molecule has 4 rings (SSSR count). The van der Waals surface area contributed by atoms with E-state index in [1.807, 2.05) is 18.2 Å². The molecule has 9 nitrogen and oxygen atoms in total. The van der Waals surface area contributed by atoms with Crippen molar-refractivity contribution in [2.75, 3.05) is 19.0 Å². The standard InChI is InChI=1S/C19H18N6O3S/c1-12-21-22-19(29-12)20-17(26)14-10-24(8-9-28-2)11-15-16(14)23-25(18(15)27)13-6-4-3-5-7-13/h3-7,10-11H,8-9H2,1-2H3,(H,20,22,26). The van der Waals surface area contributed by atoms with Crippen molar-refractivity contribution >= 4 is 22.4 Å². The first kappa shape index (κ1) is 19.0. The predicted octanol–water partition coefficient (Wildman–Crippen LogP) is 2.20. The summed E-state index contributed by atoms with van der Waals surface area (Å²) in [6.45, 7) is 2.73. The van der Waals surface area contributed by atoms with Gasteiger partial charge in [-0.2, -0.15) is 9.78 Å². The van der Waals surface area contributed by atoms with Crippen LogP contribution >= 0.6 is 11.3 Å². The molecule has 1 N–H and O–H groups in total. The number of nitrogens with one attached hydrogen (secondary N) is 1. The van der Waals surface area contributed by atoms with Crippen molar-refractivity contribution in [2.24, 2.45) is 0 Å². The van der Waals surface area contributed by atoms with E-state index in [2.05, 4.69) is 20.6 Å². The van der Waals surface area contributed by atoms with Crippen molar-refractivity contribution in [3.05, 3.63) is 63.7 Å². The molecular formula is C19H18N6O3S. The van der Waals surface area contributed by atoms with Crippen LogP contribution in [0.4, 0.5) is 5.13 Å². The van der Waals surface area contributed by atoms with E-state index in [9.17, 15) is 9.59 Å². The number of amides is 1. The zero-order valence-corrected chi connectivity index (χ0v) is 16.6. The topological polar surface area (TPSA) is 104 Å². The molecule has 1 aromatic heterocycles. The fraction of sp³-hybridized carbons (Fsp3) is 0.211. The first-order valence-corrected chi connectivity index (χ1v) is 9.67. The van der Waals surface area contributed by atoms with E-state index in [1.165, 1.54) is 16.0 Å². The quantitative estimate of drug-likeness (QED) is 0.523. The Labute approximate surface area is 169 Å². The highest BCUT2D eigenvalue weighted by molar-refractivity contribution is 7.15. The van der Waals surface area contributed by atoms with Gasteiger partial charge in [-0.15, -0.1) is 10.2 Å². The molecule has 2 aliphatic rings. The second-order valence-corrected chi connectivity index (χ2v) is 7.48. The summed E-state index contributed by atoms with van der Waals surface area (Å²) < 4.78 is 8.18. The van der Waals surface area contributed by atoms with Gasteiger partial charge in [0.15, 0.2) is 0 Å². The average molecular weight is 410 g/mol. The van der Waals surface area contributed by atoms with Gasteiger partial charge in [0.25, 0.3) is 11.5 Å². The van der Waals surface area contributed by atoms with E-state index in [4.69, 9.17) is 4.74 Å². The van der Waals surface area contributed by atoms with Gasteiger partial charge < -0.3 is 9.30 Å². The van der Waals surface area contributed by atoms with Crippen LogP contribution in [0.15, 0.2) is 47.5 Å². The smallest absolute Gasteiger partial charge is 0.282 e. The fourth-order valence-corrected chi connectivity index (χ4v) is 3.49. The highest BCUT2D eigenvalue weighted by Gasteiger charge is 2.25. The van der Waals surface area contributed by atoms with Crippen molar-refractivity contribution in [3.8, 4) is 16.9 Å². The SMILES string of the molecule is COCCn1cc(C(=O)Nc2nnc(C)s2)c2nn(-c3ccccc3)c(=O)c-2c1. The summed E-state index contributed by atoms with van der Waals surface area (Å²) in [5, 5.41) is 16.1. The van der Waals surface area contributed by atoms with Crippen LogP contribution in [0, 0.1) is 6.92 Å². The molecule has 2 aliphatic heterocycles. The number of carbonyl (C=O) groups excluding carboxylic acids is 1. The third-order valence-corrected chi connectivity index (χ3v) is 5.02. The number of methoxy groups -OCH3 is 1. The van der Waals surface area contributed by atoms with Gasteiger partial charge in [-0.3, -0.25) is 14.9 Å². The number of carbonyl (C=O) groups is 1. The number of anilines is 1. The summed E-state index contributed by atoms with van der Waals surface area (Å²) in [5.74, 6) is -0.407. The molecule has 2 aromatic rings. The summed E-state index contributed by atoms with van der Waals surface area (Å²) in [6.07, 6.45) is 3.35. The Morgan fingerprint density at radius 1 is 1.21 bits per heavy atom. The number of benzene rings is 1. The van der Waals surface area contributed by atoms with Crippen LogP contribution in [0.3, 0.4) is 0 Å². The molecule has 1 amide bonds. The Kier molecular flexibility index (Phi) is 5.19. The minimum Gasteiger partial charge on any atom is -0.383 e. The predicted molar refractivity (Wildman–Crippen MR) is 109 cm³/mol. The Morgan fingerprint density at radius 2 is 2.00 bits per heavy atom. The van der Waals surface area contributed by atoms with Crippen LogP contribution in [-0.4, -0.2) is 44.2 Å². The molecule has 0 aliphatic carbocycles. The van der Waals surface area contributed by atoms with Crippen molar-refractivity contribution in [1.29, 1.82) is 0 Å². The molecular weight excluding hydrogens is 392 g/mol. The molecule has 10 heteroatoms. The molecule has 0 atom stereocenters. The number of fused-ring (bicyclic) bond motifs is 1. The molecule has 148 valence electrons. The minimum absolute atomic E-state index is 0.276. The number of nitrogens with zero attached hydrogens (tertiary/aromatic N) is 5. The van der Waals surface area contributed by atoms with Gasteiger partial charge in [0.2, 0.25) is 5.13 Å². The van der Waals surface area contributed by atoms with Crippen LogP contribution < -0.4 is 10.9 Å². The summed E-state index contributed by atoms with van der Waals surface area (Å²) >= 11 is 1.27. The van der Waals surface area contributed by atoms with Gasteiger partial charge in [-0.1, -0.05) is 29.5 Å². The van der Waals surface area contributed by atoms with E-state index in [0.29, 0.717) is 35.2 Å². The van der Waals surface area contributed by atoms with Crippen LogP contribution in [0.5, 0.6) is 0 Å². The lowest BCUT2D eigenvalue weighted by Crippen LogP contribution is -2.18. The van der Waals surface area contributed by atoms with E-state index >= 15 is 0 Å².